The molecule has 1 unspecified atom stereocenters. The maximum absolute atomic E-state index is 5.71. The molecule has 1 fully saturated rings. The predicted molar refractivity (Wildman–Crippen MR) is 88.0 cm³/mol. The minimum Gasteiger partial charge on any atom is -0.373 e. The second kappa shape index (κ2) is 8.98. The van der Waals surface area contributed by atoms with E-state index in [2.05, 4.69) is 29.1 Å². The van der Waals surface area contributed by atoms with Crippen molar-refractivity contribution in [3.8, 4) is 0 Å². The van der Waals surface area contributed by atoms with Gasteiger partial charge in [-0.1, -0.05) is 18.2 Å². The van der Waals surface area contributed by atoms with E-state index in [0.717, 1.165) is 32.0 Å². The van der Waals surface area contributed by atoms with Gasteiger partial charge in [0.25, 0.3) is 0 Å². The first-order valence-electron chi connectivity index (χ1n) is 6.05. The van der Waals surface area contributed by atoms with Gasteiger partial charge < -0.3 is 15.4 Å². The highest BCUT2D eigenvalue weighted by atomic mass is 127. The van der Waals surface area contributed by atoms with E-state index in [9.17, 15) is 0 Å². The van der Waals surface area contributed by atoms with Gasteiger partial charge >= 0.3 is 0 Å². The van der Waals surface area contributed by atoms with E-state index in [-0.39, 0.29) is 29.6 Å². The van der Waals surface area contributed by atoms with Crippen LogP contribution in [0.15, 0.2) is 16.6 Å². The SMILES string of the molecule is C=C(Cl)CNC(=NCC1(C)CCCO1)NCC.I. The highest BCUT2D eigenvalue weighted by Crippen LogP contribution is 2.24. The zero-order valence-electron chi connectivity index (χ0n) is 11.1. The van der Waals surface area contributed by atoms with Crippen molar-refractivity contribution in [2.24, 2.45) is 4.99 Å². The Kier molecular flexibility index (Phi) is 8.98. The summed E-state index contributed by atoms with van der Waals surface area (Å²) >= 11 is 5.71. The van der Waals surface area contributed by atoms with Gasteiger partial charge in [-0.2, -0.15) is 0 Å². The lowest BCUT2D eigenvalue weighted by atomic mass is 10.0. The maximum Gasteiger partial charge on any atom is 0.191 e. The summed E-state index contributed by atoms with van der Waals surface area (Å²) in [6.45, 7) is 10.6. The summed E-state index contributed by atoms with van der Waals surface area (Å²) in [6.07, 6.45) is 2.19. The Bertz CT molecular complexity index is 291. The summed E-state index contributed by atoms with van der Waals surface area (Å²) in [7, 11) is 0. The molecule has 2 N–H and O–H groups in total. The minimum atomic E-state index is -0.111. The average molecular weight is 388 g/mol. The van der Waals surface area contributed by atoms with Crippen LogP contribution in [0.5, 0.6) is 0 Å². The van der Waals surface area contributed by atoms with Gasteiger partial charge in [-0.3, -0.25) is 4.99 Å². The van der Waals surface area contributed by atoms with E-state index in [4.69, 9.17) is 16.3 Å². The van der Waals surface area contributed by atoms with E-state index in [1.807, 2.05) is 6.92 Å². The summed E-state index contributed by atoms with van der Waals surface area (Å²) in [5.41, 5.74) is -0.111. The van der Waals surface area contributed by atoms with Crippen molar-refractivity contribution in [3.05, 3.63) is 11.6 Å². The van der Waals surface area contributed by atoms with Crippen LogP contribution in [-0.2, 0) is 4.74 Å². The second-order valence-corrected chi connectivity index (χ2v) is 5.00. The molecule has 1 aliphatic heterocycles. The number of halogens is 2. The Morgan fingerprint density at radius 2 is 2.22 bits per heavy atom. The van der Waals surface area contributed by atoms with E-state index in [0.29, 0.717) is 18.1 Å². The van der Waals surface area contributed by atoms with Crippen LogP contribution in [0.3, 0.4) is 0 Å². The lowest BCUT2D eigenvalue weighted by Crippen LogP contribution is -2.39. The van der Waals surface area contributed by atoms with Crippen LogP contribution in [0, 0.1) is 0 Å². The van der Waals surface area contributed by atoms with Gasteiger partial charge in [0.1, 0.15) is 0 Å². The van der Waals surface area contributed by atoms with E-state index < -0.39 is 0 Å². The Morgan fingerprint density at radius 3 is 2.72 bits per heavy atom. The van der Waals surface area contributed by atoms with Gasteiger partial charge in [0, 0.05) is 18.2 Å². The zero-order valence-corrected chi connectivity index (χ0v) is 14.2. The largest absolute Gasteiger partial charge is 0.373 e. The number of nitrogens with one attached hydrogen (secondary N) is 2. The molecule has 0 bridgehead atoms. The first kappa shape index (κ1) is 18.0. The van der Waals surface area contributed by atoms with Gasteiger partial charge in [-0.25, -0.2) is 0 Å². The number of hydrogen-bond donors (Lipinski definition) is 2. The van der Waals surface area contributed by atoms with Gasteiger partial charge in [0.15, 0.2) is 5.96 Å². The summed E-state index contributed by atoms with van der Waals surface area (Å²) in [4.78, 5) is 4.51. The number of hydrogen-bond acceptors (Lipinski definition) is 2. The molecule has 0 aromatic rings. The minimum absolute atomic E-state index is 0. The zero-order chi connectivity index (χ0) is 12.7. The number of nitrogens with zero attached hydrogens (tertiary/aromatic N) is 1. The van der Waals surface area contributed by atoms with Crippen LogP contribution in [0.4, 0.5) is 0 Å². The molecule has 0 spiro atoms. The third-order valence-corrected chi connectivity index (χ3v) is 2.80. The van der Waals surface area contributed by atoms with E-state index in [1.54, 1.807) is 0 Å². The molecule has 4 nitrogen and oxygen atoms in total. The monoisotopic (exact) mass is 387 g/mol. The molecule has 0 aromatic heterocycles. The average Bonchev–Trinajstić information content (AvgIpc) is 2.70. The van der Waals surface area contributed by atoms with Crippen LogP contribution >= 0.6 is 35.6 Å². The first-order valence-corrected chi connectivity index (χ1v) is 6.43. The molecule has 6 heteroatoms. The van der Waals surface area contributed by atoms with Crippen molar-refractivity contribution < 1.29 is 4.74 Å². The Balaban J connectivity index is 0.00000289. The van der Waals surface area contributed by atoms with Crippen molar-refractivity contribution in [2.75, 3.05) is 26.2 Å². The normalized spacial score (nSPS) is 23.4. The third-order valence-electron chi connectivity index (χ3n) is 2.66. The third kappa shape index (κ3) is 6.80. The number of aliphatic imine (C=N–C) groups is 1. The topological polar surface area (TPSA) is 45.7 Å². The van der Waals surface area contributed by atoms with Crippen LogP contribution in [0.25, 0.3) is 0 Å². The predicted octanol–water partition coefficient (Wildman–Crippen LogP) is 2.48. The van der Waals surface area contributed by atoms with Crippen LogP contribution in [-0.4, -0.2) is 37.8 Å². The Morgan fingerprint density at radius 1 is 1.50 bits per heavy atom. The summed E-state index contributed by atoms with van der Waals surface area (Å²) in [5, 5.41) is 6.84. The van der Waals surface area contributed by atoms with Gasteiger partial charge in [0.2, 0.25) is 0 Å². The molecule has 0 radical (unpaired) electrons. The fourth-order valence-corrected chi connectivity index (χ4v) is 1.80. The fraction of sp³-hybridized carbons (Fsp3) is 0.750. The van der Waals surface area contributed by atoms with Crippen molar-refractivity contribution in [2.45, 2.75) is 32.3 Å². The molecule has 1 saturated heterocycles. The van der Waals surface area contributed by atoms with Gasteiger partial charge in [-0.05, 0) is 26.7 Å². The second-order valence-electron chi connectivity index (χ2n) is 4.47. The first-order chi connectivity index (χ1) is 8.06. The van der Waals surface area contributed by atoms with E-state index in [1.165, 1.54) is 0 Å². The maximum atomic E-state index is 5.71. The van der Waals surface area contributed by atoms with E-state index >= 15 is 0 Å². The van der Waals surface area contributed by atoms with Crippen LogP contribution in [0.2, 0.25) is 0 Å². The molecule has 1 heterocycles. The van der Waals surface area contributed by atoms with Crippen LogP contribution < -0.4 is 10.6 Å². The smallest absolute Gasteiger partial charge is 0.191 e. The molecular formula is C12H23ClIN3O. The summed E-state index contributed by atoms with van der Waals surface area (Å²) < 4.78 is 5.69. The molecule has 0 aromatic carbocycles. The van der Waals surface area contributed by atoms with Crippen molar-refractivity contribution >= 4 is 41.5 Å². The molecule has 0 aliphatic carbocycles. The summed E-state index contributed by atoms with van der Waals surface area (Å²) in [6, 6.07) is 0. The number of guanidine groups is 1. The fourth-order valence-electron chi connectivity index (χ4n) is 1.73. The molecule has 1 aliphatic rings. The van der Waals surface area contributed by atoms with Gasteiger partial charge in [-0.15, -0.1) is 24.0 Å². The van der Waals surface area contributed by atoms with Gasteiger partial charge in [0.05, 0.1) is 18.7 Å². The molecule has 18 heavy (non-hydrogen) atoms. The molecule has 0 saturated carbocycles. The van der Waals surface area contributed by atoms with Crippen molar-refractivity contribution in [3.63, 3.8) is 0 Å². The lowest BCUT2D eigenvalue weighted by Gasteiger charge is -2.21. The summed E-state index contributed by atoms with van der Waals surface area (Å²) in [5.74, 6) is 0.756. The van der Waals surface area contributed by atoms with Crippen molar-refractivity contribution in [1.82, 2.24) is 10.6 Å². The molecule has 1 atom stereocenters. The molecule has 106 valence electrons. The lowest BCUT2D eigenvalue weighted by molar-refractivity contribution is 0.0283. The molecule has 0 amide bonds. The molecular weight excluding hydrogens is 365 g/mol. The Hall–Kier alpha value is -0.0100. The Labute approximate surface area is 132 Å². The molecule has 1 rings (SSSR count). The quantitative estimate of drug-likeness (QED) is 0.433. The number of ether oxygens (including phenoxy) is 1. The highest BCUT2D eigenvalue weighted by Gasteiger charge is 2.29. The van der Waals surface area contributed by atoms with Crippen LogP contribution in [0.1, 0.15) is 26.7 Å². The standard InChI is InChI=1S/C12H22ClN3O.HI/c1-4-14-11(15-8-10(2)13)16-9-12(3)6-5-7-17-12;/h2,4-9H2,1,3H3,(H2,14,15,16);1H. The van der Waals surface area contributed by atoms with Crippen molar-refractivity contribution in [1.29, 1.82) is 0 Å². The number of rotatable bonds is 5. The highest BCUT2D eigenvalue weighted by molar-refractivity contribution is 14.0.